The van der Waals surface area contributed by atoms with E-state index in [1.165, 1.54) is 6.07 Å². The first-order chi connectivity index (χ1) is 11.5. The molecule has 0 aliphatic carbocycles. The van der Waals surface area contributed by atoms with E-state index in [4.69, 9.17) is 23.8 Å². The molecule has 0 fully saturated rings. The van der Waals surface area contributed by atoms with Crippen molar-refractivity contribution < 1.29 is 9.29 Å². The first-order valence-corrected chi connectivity index (χ1v) is 8.29. The number of halogens is 2. The van der Waals surface area contributed by atoms with Crippen molar-refractivity contribution in [1.29, 1.82) is 0 Å². The second kappa shape index (κ2) is 7.25. The summed E-state index contributed by atoms with van der Waals surface area (Å²) in [5.41, 5.74) is 1.48. The standard InChI is InChI=1S/C17H16ClFN4S/c1-22(10-13-14(18)8-5-9-15(13)19)11-23-17(24)20-16(21-23)12-6-3-2-4-7-12/h2-9H,10-11H2,1H3,(H,20,21,24)/p+1. The molecule has 1 aromatic heterocycles. The van der Waals surface area contributed by atoms with Gasteiger partial charge >= 0.3 is 0 Å². The van der Waals surface area contributed by atoms with Gasteiger partial charge in [-0.15, -0.1) is 0 Å². The van der Waals surface area contributed by atoms with Crippen LogP contribution in [0.15, 0.2) is 48.5 Å². The van der Waals surface area contributed by atoms with Gasteiger partial charge in [-0.25, -0.2) is 9.07 Å². The molecule has 4 nitrogen and oxygen atoms in total. The molecule has 0 aliphatic heterocycles. The number of aromatic amines is 1. The summed E-state index contributed by atoms with van der Waals surface area (Å²) in [6.45, 7) is 0.982. The number of benzene rings is 2. The van der Waals surface area contributed by atoms with E-state index in [1.54, 1.807) is 16.8 Å². The average molecular weight is 364 g/mol. The Bertz CT molecular complexity index is 871. The molecule has 3 rings (SSSR count). The molecule has 0 saturated heterocycles. The number of hydrogen-bond donors (Lipinski definition) is 2. The highest BCUT2D eigenvalue weighted by molar-refractivity contribution is 7.71. The molecule has 0 saturated carbocycles. The Morgan fingerprint density at radius 2 is 1.96 bits per heavy atom. The van der Waals surface area contributed by atoms with Gasteiger partial charge in [-0.3, -0.25) is 5.10 Å². The average Bonchev–Trinajstić information content (AvgIpc) is 2.93. The van der Waals surface area contributed by atoms with E-state index in [9.17, 15) is 4.39 Å². The quantitative estimate of drug-likeness (QED) is 0.684. The van der Waals surface area contributed by atoms with Crippen molar-refractivity contribution in [2.45, 2.75) is 13.2 Å². The highest BCUT2D eigenvalue weighted by Crippen LogP contribution is 2.17. The Balaban J connectivity index is 1.77. The predicted molar refractivity (Wildman–Crippen MR) is 94.8 cm³/mol. The van der Waals surface area contributed by atoms with E-state index >= 15 is 0 Å². The molecule has 24 heavy (non-hydrogen) atoms. The van der Waals surface area contributed by atoms with Gasteiger partial charge in [-0.05, 0) is 24.4 Å². The summed E-state index contributed by atoms with van der Waals surface area (Å²) in [6.07, 6.45) is 0. The third-order valence-electron chi connectivity index (χ3n) is 3.69. The fourth-order valence-electron chi connectivity index (χ4n) is 2.52. The fourth-order valence-corrected chi connectivity index (χ4v) is 2.95. The highest BCUT2D eigenvalue weighted by atomic mass is 35.5. The van der Waals surface area contributed by atoms with Crippen LogP contribution in [0.4, 0.5) is 4.39 Å². The van der Waals surface area contributed by atoms with E-state index < -0.39 is 0 Å². The number of H-pyrrole nitrogens is 1. The molecule has 1 heterocycles. The molecule has 2 aromatic carbocycles. The Kier molecular flexibility index (Phi) is 5.08. The Morgan fingerprint density at radius 3 is 2.67 bits per heavy atom. The Morgan fingerprint density at radius 1 is 1.21 bits per heavy atom. The highest BCUT2D eigenvalue weighted by Gasteiger charge is 2.14. The first-order valence-electron chi connectivity index (χ1n) is 7.51. The lowest BCUT2D eigenvalue weighted by atomic mass is 10.2. The largest absolute Gasteiger partial charge is 0.315 e. The smallest absolute Gasteiger partial charge is 0.221 e. The van der Waals surface area contributed by atoms with E-state index in [-0.39, 0.29) is 5.82 Å². The van der Waals surface area contributed by atoms with Crippen LogP contribution in [0, 0.1) is 10.6 Å². The molecule has 0 amide bonds. The minimum atomic E-state index is -0.292. The van der Waals surface area contributed by atoms with Gasteiger partial charge in [0, 0.05) is 5.56 Å². The number of nitrogens with one attached hydrogen (secondary N) is 2. The zero-order valence-corrected chi connectivity index (χ0v) is 14.7. The van der Waals surface area contributed by atoms with Gasteiger partial charge in [0.25, 0.3) is 0 Å². The third kappa shape index (κ3) is 3.72. The Labute approximate surface area is 149 Å². The van der Waals surface area contributed by atoms with Gasteiger partial charge < -0.3 is 4.90 Å². The van der Waals surface area contributed by atoms with Gasteiger partial charge in [-0.2, -0.15) is 4.98 Å². The van der Waals surface area contributed by atoms with Crippen LogP contribution in [-0.4, -0.2) is 21.8 Å². The van der Waals surface area contributed by atoms with E-state index in [0.717, 1.165) is 16.3 Å². The van der Waals surface area contributed by atoms with Crippen LogP contribution >= 0.6 is 23.8 Å². The lowest BCUT2D eigenvalue weighted by molar-refractivity contribution is -0.917. The molecule has 124 valence electrons. The van der Waals surface area contributed by atoms with Crippen LogP contribution in [0.1, 0.15) is 5.56 Å². The summed E-state index contributed by atoms with van der Waals surface area (Å²) < 4.78 is 16.2. The van der Waals surface area contributed by atoms with Gasteiger partial charge in [0.15, 0.2) is 12.5 Å². The molecule has 0 radical (unpaired) electrons. The third-order valence-corrected chi connectivity index (χ3v) is 4.36. The van der Waals surface area contributed by atoms with Gasteiger partial charge in [-0.1, -0.05) is 48.0 Å². The monoisotopic (exact) mass is 363 g/mol. The van der Waals surface area contributed by atoms with Crippen molar-refractivity contribution in [3.8, 4) is 11.4 Å². The molecule has 1 unspecified atom stereocenters. The summed E-state index contributed by atoms with van der Waals surface area (Å²) in [4.78, 5) is 5.41. The SMILES string of the molecule is C[NH+](Cc1c(F)cccc1Cl)Cn1[nH]c(-c2ccccc2)nc1=S. The van der Waals surface area contributed by atoms with E-state index in [2.05, 4.69) is 10.1 Å². The summed E-state index contributed by atoms with van der Waals surface area (Å²) in [5, 5.41) is 3.64. The summed E-state index contributed by atoms with van der Waals surface area (Å²) >= 11 is 11.4. The molecule has 0 spiro atoms. The van der Waals surface area contributed by atoms with Crippen molar-refractivity contribution in [2.75, 3.05) is 7.05 Å². The molecule has 2 N–H and O–H groups in total. The lowest BCUT2D eigenvalue weighted by Crippen LogP contribution is -3.07. The second-order valence-electron chi connectivity index (χ2n) is 5.64. The zero-order chi connectivity index (χ0) is 17.1. The zero-order valence-electron chi connectivity index (χ0n) is 13.1. The van der Waals surface area contributed by atoms with Crippen molar-refractivity contribution in [2.24, 2.45) is 0 Å². The first kappa shape index (κ1) is 16.8. The summed E-state index contributed by atoms with van der Waals surface area (Å²) in [5.74, 6) is 0.428. The minimum absolute atomic E-state index is 0.292. The van der Waals surface area contributed by atoms with Crippen LogP contribution in [-0.2, 0) is 13.2 Å². The maximum absolute atomic E-state index is 13.9. The van der Waals surface area contributed by atoms with E-state index in [0.29, 0.717) is 28.6 Å². The number of aromatic nitrogens is 3. The van der Waals surface area contributed by atoms with Crippen molar-refractivity contribution in [3.63, 3.8) is 0 Å². The van der Waals surface area contributed by atoms with E-state index in [1.807, 2.05) is 37.4 Å². The van der Waals surface area contributed by atoms with Crippen LogP contribution < -0.4 is 4.90 Å². The molecule has 0 bridgehead atoms. The van der Waals surface area contributed by atoms with Gasteiger partial charge in [0.1, 0.15) is 12.4 Å². The summed E-state index contributed by atoms with van der Waals surface area (Å²) in [6, 6.07) is 14.5. The van der Waals surface area contributed by atoms with Crippen molar-refractivity contribution in [1.82, 2.24) is 14.8 Å². The number of quaternary nitrogens is 1. The molecule has 0 aliphatic rings. The maximum Gasteiger partial charge on any atom is 0.221 e. The van der Waals surface area contributed by atoms with Crippen molar-refractivity contribution >= 4 is 23.8 Å². The predicted octanol–water partition coefficient (Wildman–Crippen LogP) is 3.07. The lowest BCUT2D eigenvalue weighted by Gasteiger charge is -2.15. The van der Waals surface area contributed by atoms with Crippen LogP contribution in [0.25, 0.3) is 11.4 Å². The van der Waals surface area contributed by atoms with Gasteiger partial charge in [0.05, 0.1) is 17.6 Å². The van der Waals surface area contributed by atoms with Gasteiger partial charge in [0.2, 0.25) is 4.77 Å². The molecule has 7 heteroatoms. The fraction of sp³-hybridized carbons (Fsp3) is 0.176. The molecular weight excluding hydrogens is 347 g/mol. The Hall–Kier alpha value is -2.02. The second-order valence-corrected chi connectivity index (χ2v) is 6.41. The summed E-state index contributed by atoms with van der Waals surface area (Å²) in [7, 11) is 1.95. The topological polar surface area (TPSA) is 38.0 Å². The molecular formula is C17H17ClFN4S+. The maximum atomic E-state index is 13.9. The molecule has 3 aromatic rings. The van der Waals surface area contributed by atoms with Crippen LogP contribution in [0.2, 0.25) is 5.02 Å². The number of hydrogen-bond acceptors (Lipinski definition) is 2. The van der Waals surface area contributed by atoms with Crippen LogP contribution in [0.3, 0.4) is 0 Å². The van der Waals surface area contributed by atoms with Crippen molar-refractivity contribution in [3.05, 3.63) is 69.7 Å². The molecule has 1 atom stereocenters. The number of nitrogens with zero attached hydrogens (tertiary/aromatic N) is 2. The minimum Gasteiger partial charge on any atom is -0.315 e. The number of rotatable bonds is 5. The van der Waals surface area contributed by atoms with Crippen LogP contribution in [0.5, 0.6) is 0 Å². The normalized spacial score (nSPS) is 12.3.